The highest BCUT2D eigenvalue weighted by Gasteiger charge is 2.02. The fraction of sp³-hybridized carbons (Fsp3) is 0.417. The minimum absolute atomic E-state index is 0.0304. The van der Waals surface area contributed by atoms with Gasteiger partial charge in [0.15, 0.2) is 0 Å². The topological polar surface area (TPSA) is 64.7 Å². The Bertz CT molecular complexity index is 488. The Morgan fingerprint density at radius 3 is 3.11 bits per heavy atom. The molecule has 0 saturated heterocycles. The Hall–Kier alpha value is -2.11. The van der Waals surface area contributed by atoms with E-state index < -0.39 is 0 Å². The molecule has 0 bridgehead atoms. The first-order valence-corrected chi connectivity index (χ1v) is 5.88. The summed E-state index contributed by atoms with van der Waals surface area (Å²) >= 11 is 0. The summed E-state index contributed by atoms with van der Waals surface area (Å²) in [5.74, 6) is -0.0304. The molecular weight excluding hydrogens is 230 g/mol. The zero-order valence-corrected chi connectivity index (χ0v) is 10.3. The van der Waals surface area contributed by atoms with E-state index in [9.17, 15) is 4.79 Å². The lowest BCUT2D eigenvalue weighted by atomic mass is 10.4. The summed E-state index contributed by atoms with van der Waals surface area (Å²) in [5, 5.41) is 6.96. The van der Waals surface area contributed by atoms with E-state index in [1.165, 1.54) is 0 Å². The molecule has 6 heteroatoms. The standard InChI is InChI=1S/C12H16N5O/c1-11-3-7-17(15-11)9-12(18)14-4-2-6-16-8-5-13-10-16/h5,7-8,10H,2,4,6,9H2,1H3,(H,14,18). The number of rotatable bonds is 6. The molecule has 6 nitrogen and oxygen atoms in total. The highest BCUT2D eigenvalue weighted by atomic mass is 16.2. The molecule has 18 heavy (non-hydrogen) atoms. The van der Waals surface area contributed by atoms with E-state index in [0.717, 1.165) is 18.7 Å². The van der Waals surface area contributed by atoms with Crippen molar-refractivity contribution in [1.82, 2.24) is 24.6 Å². The van der Waals surface area contributed by atoms with Gasteiger partial charge in [0.2, 0.25) is 5.91 Å². The first-order chi connectivity index (χ1) is 8.74. The highest BCUT2D eigenvalue weighted by molar-refractivity contribution is 5.75. The maximum absolute atomic E-state index is 11.6. The normalized spacial score (nSPS) is 10.5. The Morgan fingerprint density at radius 2 is 2.44 bits per heavy atom. The number of aromatic nitrogens is 4. The van der Waals surface area contributed by atoms with Crippen LogP contribution < -0.4 is 5.32 Å². The van der Waals surface area contributed by atoms with Gasteiger partial charge < -0.3 is 9.88 Å². The van der Waals surface area contributed by atoms with Crippen molar-refractivity contribution in [3.8, 4) is 0 Å². The van der Waals surface area contributed by atoms with Crippen molar-refractivity contribution in [3.63, 3.8) is 0 Å². The Morgan fingerprint density at radius 1 is 1.56 bits per heavy atom. The number of carbonyl (C=O) groups excluding carboxylic acids is 1. The van der Waals surface area contributed by atoms with Crippen molar-refractivity contribution in [2.24, 2.45) is 0 Å². The molecule has 1 N–H and O–H groups in total. The molecule has 0 unspecified atom stereocenters. The first kappa shape index (κ1) is 12.3. The van der Waals surface area contributed by atoms with Gasteiger partial charge in [0.05, 0.1) is 12.0 Å². The van der Waals surface area contributed by atoms with Crippen LogP contribution in [0, 0.1) is 13.0 Å². The minimum atomic E-state index is -0.0304. The summed E-state index contributed by atoms with van der Waals surface area (Å²) in [4.78, 5) is 15.5. The smallest absolute Gasteiger partial charge is 0.241 e. The molecule has 1 amide bonds. The second kappa shape index (κ2) is 6.00. The lowest BCUT2D eigenvalue weighted by Crippen LogP contribution is -2.29. The van der Waals surface area contributed by atoms with Gasteiger partial charge in [-0.2, -0.15) is 5.10 Å². The third kappa shape index (κ3) is 3.73. The average molecular weight is 246 g/mol. The summed E-state index contributed by atoms with van der Waals surface area (Å²) < 4.78 is 3.57. The van der Waals surface area contributed by atoms with Crippen LogP contribution in [0.2, 0.25) is 0 Å². The van der Waals surface area contributed by atoms with Crippen LogP contribution in [-0.4, -0.2) is 31.8 Å². The first-order valence-electron chi connectivity index (χ1n) is 5.88. The molecule has 0 aliphatic carbocycles. The highest BCUT2D eigenvalue weighted by Crippen LogP contribution is 1.92. The molecule has 0 aromatic carbocycles. The van der Waals surface area contributed by atoms with Crippen molar-refractivity contribution >= 4 is 5.91 Å². The second-order valence-electron chi connectivity index (χ2n) is 4.06. The molecule has 0 fully saturated rings. The van der Waals surface area contributed by atoms with Crippen LogP contribution in [0.1, 0.15) is 12.1 Å². The predicted octanol–water partition coefficient (Wildman–Crippen LogP) is 0.395. The molecule has 0 atom stereocenters. The van der Waals surface area contributed by atoms with Gasteiger partial charge in [0.25, 0.3) is 0 Å². The van der Waals surface area contributed by atoms with Crippen LogP contribution in [0.5, 0.6) is 0 Å². The number of carbonyl (C=O) groups is 1. The van der Waals surface area contributed by atoms with Crippen LogP contribution in [-0.2, 0) is 17.9 Å². The molecule has 95 valence electrons. The van der Waals surface area contributed by atoms with E-state index >= 15 is 0 Å². The van der Waals surface area contributed by atoms with Gasteiger partial charge in [-0.25, -0.2) is 4.98 Å². The quantitative estimate of drug-likeness (QED) is 0.750. The van der Waals surface area contributed by atoms with Crippen molar-refractivity contribution in [2.75, 3.05) is 6.54 Å². The zero-order chi connectivity index (χ0) is 12.8. The summed E-state index contributed by atoms with van der Waals surface area (Å²) in [7, 11) is 0. The Kier molecular flexibility index (Phi) is 4.11. The fourth-order valence-electron chi connectivity index (χ4n) is 1.61. The van der Waals surface area contributed by atoms with Crippen LogP contribution >= 0.6 is 0 Å². The van der Waals surface area contributed by atoms with Gasteiger partial charge in [0.1, 0.15) is 6.54 Å². The molecule has 0 spiro atoms. The predicted molar refractivity (Wildman–Crippen MR) is 65.7 cm³/mol. The van der Waals surface area contributed by atoms with Gasteiger partial charge in [-0.15, -0.1) is 0 Å². The molecule has 2 heterocycles. The monoisotopic (exact) mass is 246 g/mol. The zero-order valence-electron chi connectivity index (χ0n) is 10.3. The molecule has 0 saturated carbocycles. The average Bonchev–Trinajstić information content (AvgIpc) is 2.96. The SMILES string of the molecule is Cc1[c]cn(CC(=O)NCCCn2ccnc2)n1. The maximum atomic E-state index is 11.6. The van der Waals surface area contributed by atoms with Crippen LogP contribution in [0.15, 0.2) is 24.9 Å². The minimum Gasteiger partial charge on any atom is -0.354 e. The molecule has 1 radical (unpaired) electrons. The van der Waals surface area contributed by atoms with E-state index in [2.05, 4.69) is 21.5 Å². The third-order valence-corrected chi connectivity index (χ3v) is 2.48. The number of nitrogens with one attached hydrogen (secondary N) is 1. The van der Waals surface area contributed by atoms with Crippen molar-refractivity contribution < 1.29 is 4.79 Å². The van der Waals surface area contributed by atoms with Gasteiger partial charge in [-0.3, -0.25) is 9.48 Å². The summed E-state index contributed by atoms with van der Waals surface area (Å²) in [5.41, 5.74) is 0.794. The molecular formula is C12H16N5O. The Balaban J connectivity index is 1.63. The van der Waals surface area contributed by atoms with E-state index in [1.807, 2.05) is 17.7 Å². The summed E-state index contributed by atoms with van der Waals surface area (Å²) in [6, 6.07) is 2.92. The number of imidazole rings is 1. The van der Waals surface area contributed by atoms with Crippen LogP contribution in [0.3, 0.4) is 0 Å². The van der Waals surface area contributed by atoms with Crippen LogP contribution in [0.25, 0.3) is 0 Å². The number of nitrogens with zero attached hydrogens (tertiary/aromatic N) is 4. The fourth-order valence-corrected chi connectivity index (χ4v) is 1.61. The molecule has 0 aliphatic rings. The largest absolute Gasteiger partial charge is 0.354 e. The van der Waals surface area contributed by atoms with E-state index in [4.69, 9.17) is 0 Å². The number of hydrogen-bond donors (Lipinski definition) is 1. The van der Waals surface area contributed by atoms with Gasteiger partial charge in [-0.1, -0.05) is 0 Å². The maximum Gasteiger partial charge on any atom is 0.241 e. The van der Waals surface area contributed by atoms with Gasteiger partial charge in [0, 0.05) is 37.7 Å². The van der Waals surface area contributed by atoms with E-state index in [-0.39, 0.29) is 12.5 Å². The lowest BCUT2D eigenvalue weighted by Gasteiger charge is -2.05. The second-order valence-corrected chi connectivity index (χ2v) is 4.06. The molecule has 2 aromatic heterocycles. The Labute approximate surface area is 106 Å². The third-order valence-electron chi connectivity index (χ3n) is 2.48. The van der Waals surface area contributed by atoms with Crippen molar-refractivity contribution in [3.05, 3.63) is 36.7 Å². The van der Waals surface area contributed by atoms with E-state index in [1.54, 1.807) is 23.4 Å². The molecule has 0 aliphatic heterocycles. The number of hydrogen-bond acceptors (Lipinski definition) is 3. The number of aryl methyl sites for hydroxylation is 2. The van der Waals surface area contributed by atoms with Gasteiger partial charge >= 0.3 is 0 Å². The summed E-state index contributed by atoms with van der Waals surface area (Å²) in [6.45, 7) is 3.60. The molecule has 2 rings (SSSR count). The molecule has 2 aromatic rings. The lowest BCUT2D eigenvalue weighted by molar-refractivity contribution is -0.121. The van der Waals surface area contributed by atoms with Crippen molar-refractivity contribution in [2.45, 2.75) is 26.4 Å². The van der Waals surface area contributed by atoms with E-state index in [0.29, 0.717) is 6.54 Å². The van der Waals surface area contributed by atoms with Gasteiger partial charge in [-0.05, 0) is 13.3 Å². The summed E-state index contributed by atoms with van der Waals surface area (Å²) in [6.07, 6.45) is 7.98. The van der Waals surface area contributed by atoms with Crippen LogP contribution in [0.4, 0.5) is 0 Å². The number of amides is 1. The van der Waals surface area contributed by atoms with Crippen molar-refractivity contribution in [1.29, 1.82) is 0 Å².